The Bertz CT molecular complexity index is 539. The molecule has 0 amide bonds. The summed E-state index contributed by atoms with van der Waals surface area (Å²) in [6, 6.07) is 1.65. The normalized spacial score (nSPS) is 29.0. The maximum Gasteiger partial charge on any atom is 0.293 e. The molecule has 21 heavy (non-hydrogen) atoms. The van der Waals surface area contributed by atoms with Crippen molar-refractivity contribution in [3.63, 3.8) is 0 Å². The number of anilines is 1. The van der Waals surface area contributed by atoms with Gasteiger partial charge in [-0.2, -0.15) is 0 Å². The van der Waals surface area contributed by atoms with Crippen molar-refractivity contribution in [2.75, 3.05) is 18.9 Å². The predicted octanol–water partition coefficient (Wildman–Crippen LogP) is 2.11. The molecule has 1 aromatic rings. The van der Waals surface area contributed by atoms with Crippen LogP contribution in [0.15, 0.2) is 17.2 Å². The third-order valence-corrected chi connectivity index (χ3v) is 5.18. The van der Waals surface area contributed by atoms with Crippen LogP contribution in [0.4, 0.5) is 5.82 Å². The number of fused-ring (bicyclic) bond motifs is 2. The highest BCUT2D eigenvalue weighted by molar-refractivity contribution is 5.31. The van der Waals surface area contributed by atoms with Gasteiger partial charge in [-0.25, -0.2) is 4.98 Å². The van der Waals surface area contributed by atoms with E-state index in [2.05, 4.69) is 22.2 Å². The SMILES string of the molecule is CC(C)n1ccnc(NCC2CC3CCC(C2)N3C)c1=O. The van der Waals surface area contributed by atoms with Gasteiger partial charge in [0.1, 0.15) is 0 Å². The third-order valence-electron chi connectivity index (χ3n) is 5.18. The zero-order valence-corrected chi connectivity index (χ0v) is 13.2. The van der Waals surface area contributed by atoms with Gasteiger partial charge in [-0.05, 0) is 52.5 Å². The Kier molecular flexibility index (Phi) is 4.02. The van der Waals surface area contributed by atoms with Crippen molar-refractivity contribution in [1.29, 1.82) is 0 Å². The fourth-order valence-corrected chi connectivity index (χ4v) is 3.88. The first-order valence-corrected chi connectivity index (χ1v) is 8.09. The van der Waals surface area contributed by atoms with Crippen LogP contribution >= 0.6 is 0 Å². The minimum absolute atomic E-state index is 0.0107. The van der Waals surface area contributed by atoms with Crippen LogP contribution in [0.2, 0.25) is 0 Å². The van der Waals surface area contributed by atoms with Gasteiger partial charge in [0.05, 0.1) is 0 Å². The number of aromatic nitrogens is 2. The molecule has 1 N–H and O–H groups in total. The lowest BCUT2D eigenvalue weighted by Crippen LogP contribution is -2.41. The van der Waals surface area contributed by atoms with Crippen LogP contribution < -0.4 is 10.9 Å². The summed E-state index contributed by atoms with van der Waals surface area (Å²) in [7, 11) is 2.26. The number of nitrogens with zero attached hydrogens (tertiary/aromatic N) is 3. The number of hydrogen-bond acceptors (Lipinski definition) is 4. The quantitative estimate of drug-likeness (QED) is 0.922. The van der Waals surface area contributed by atoms with Gasteiger partial charge in [0.2, 0.25) is 0 Å². The van der Waals surface area contributed by atoms with E-state index in [1.807, 2.05) is 13.8 Å². The van der Waals surface area contributed by atoms with E-state index in [9.17, 15) is 4.79 Å². The van der Waals surface area contributed by atoms with E-state index in [-0.39, 0.29) is 11.6 Å². The molecular formula is C16H26N4O. The lowest BCUT2D eigenvalue weighted by atomic mass is 9.91. The second kappa shape index (κ2) is 5.79. The van der Waals surface area contributed by atoms with Gasteiger partial charge >= 0.3 is 0 Å². The Morgan fingerprint density at radius 3 is 2.62 bits per heavy atom. The van der Waals surface area contributed by atoms with Gasteiger partial charge < -0.3 is 14.8 Å². The Hall–Kier alpha value is -1.36. The number of rotatable bonds is 4. The Balaban J connectivity index is 1.64. The highest BCUT2D eigenvalue weighted by Crippen LogP contribution is 2.37. The van der Waals surface area contributed by atoms with Crippen molar-refractivity contribution in [3.8, 4) is 0 Å². The Labute approximate surface area is 126 Å². The van der Waals surface area contributed by atoms with E-state index in [0.717, 1.165) is 18.6 Å². The van der Waals surface area contributed by atoms with Gasteiger partial charge in [-0.15, -0.1) is 0 Å². The van der Waals surface area contributed by atoms with Gasteiger partial charge in [0.25, 0.3) is 5.56 Å². The fraction of sp³-hybridized carbons (Fsp3) is 0.750. The van der Waals surface area contributed by atoms with Crippen molar-refractivity contribution >= 4 is 5.82 Å². The summed E-state index contributed by atoms with van der Waals surface area (Å²) >= 11 is 0. The molecule has 5 nitrogen and oxygen atoms in total. The summed E-state index contributed by atoms with van der Waals surface area (Å²) in [5.41, 5.74) is -0.0107. The summed E-state index contributed by atoms with van der Waals surface area (Å²) < 4.78 is 1.73. The maximum absolute atomic E-state index is 12.3. The summed E-state index contributed by atoms with van der Waals surface area (Å²) in [5.74, 6) is 1.16. The molecule has 0 aromatic carbocycles. The fourth-order valence-electron chi connectivity index (χ4n) is 3.88. The van der Waals surface area contributed by atoms with Crippen LogP contribution in [0.3, 0.4) is 0 Å². The van der Waals surface area contributed by atoms with Crippen molar-refractivity contribution < 1.29 is 0 Å². The second-order valence-corrected chi connectivity index (χ2v) is 6.85. The van der Waals surface area contributed by atoms with Gasteiger partial charge in [-0.3, -0.25) is 4.79 Å². The molecule has 2 bridgehead atoms. The summed E-state index contributed by atoms with van der Waals surface area (Å²) in [6.45, 7) is 4.89. The molecule has 0 aliphatic carbocycles. The summed E-state index contributed by atoms with van der Waals surface area (Å²) in [4.78, 5) is 19.1. The number of nitrogens with one attached hydrogen (secondary N) is 1. The van der Waals surface area contributed by atoms with Crippen LogP contribution in [0.5, 0.6) is 0 Å². The average Bonchev–Trinajstić information content (AvgIpc) is 2.68. The molecule has 3 heterocycles. The lowest BCUT2D eigenvalue weighted by Gasteiger charge is -2.36. The largest absolute Gasteiger partial charge is 0.365 e. The molecule has 2 fully saturated rings. The van der Waals surface area contributed by atoms with E-state index in [0.29, 0.717) is 11.7 Å². The molecule has 116 valence electrons. The number of hydrogen-bond donors (Lipinski definition) is 1. The maximum atomic E-state index is 12.3. The van der Waals surface area contributed by atoms with Crippen molar-refractivity contribution in [2.45, 2.75) is 57.7 Å². The van der Waals surface area contributed by atoms with E-state index in [1.54, 1.807) is 17.0 Å². The molecule has 3 rings (SSSR count). The van der Waals surface area contributed by atoms with Crippen LogP contribution in [-0.4, -0.2) is 40.1 Å². The smallest absolute Gasteiger partial charge is 0.293 e. The molecule has 0 spiro atoms. The third kappa shape index (κ3) is 2.84. The van der Waals surface area contributed by atoms with Crippen LogP contribution in [0, 0.1) is 5.92 Å². The zero-order chi connectivity index (χ0) is 15.0. The molecule has 2 aliphatic rings. The van der Waals surface area contributed by atoms with E-state index < -0.39 is 0 Å². The Morgan fingerprint density at radius 1 is 1.33 bits per heavy atom. The minimum Gasteiger partial charge on any atom is -0.365 e. The topological polar surface area (TPSA) is 50.2 Å². The van der Waals surface area contributed by atoms with Crippen molar-refractivity contribution in [2.24, 2.45) is 5.92 Å². The standard InChI is InChI=1S/C16H26N4O/c1-11(2)20-7-6-17-15(16(20)21)18-10-12-8-13-4-5-14(9-12)19(13)3/h6-7,11-14H,4-5,8-10H2,1-3H3,(H,17,18). The average molecular weight is 290 g/mol. The predicted molar refractivity (Wildman–Crippen MR) is 84.7 cm³/mol. The first kappa shape index (κ1) is 14.6. The van der Waals surface area contributed by atoms with Crippen LogP contribution in [0.1, 0.15) is 45.6 Å². The molecule has 1 aromatic heterocycles. The molecule has 0 radical (unpaired) electrons. The van der Waals surface area contributed by atoms with Crippen molar-refractivity contribution in [3.05, 3.63) is 22.7 Å². The molecule has 0 saturated carbocycles. The first-order chi connectivity index (χ1) is 10.1. The zero-order valence-electron chi connectivity index (χ0n) is 13.2. The first-order valence-electron chi connectivity index (χ1n) is 8.09. The van der Waals surface area contributed by atoms with Crippen LogP contribution in [0.25, 0.3) is 0 Å². The van der Waals surface area contributed by atoms with Crippen molar-refractivity contribution in [1.82, 2.24) is 14.5 Å². The van der Waals surface area contributed by atoms with Crippen LogP contribution in [-0.2, 0) is 0 Å². The Morgan fingerprint density at radius 2 is 2.00 bits per heavy atom. The lowest BCUT2D eigenvalue weighted by molar-refractivity contribution is 0.139. The van der Waals surface area contributed by atoms with Gasteiger partial charge in [0, 0.05) is 37.1 Å². The molecular weight excluding hydrogens is 264 g/mol. The van der Waals surface area contributed by atoms with Gasteiger partial charge in [0.15, 0.2) is 5.82 Å². The molecule has 2 aliphatic heterocycles. The molecule has 2 unspecified atom stereocenters. The highest BCUT2D eigenvalue weighted by Gasteiger charge is 2.38. The second-order valence-electron chi connectivity index (χ2n) is 6.85. The van der Waals surface area contributed by atoms with Gasteiger partial charge in [-0.1, -0.05) is 0 Å². The molecule has 2 saturated heterocycles. The van der Waals surface area contributed by atoms with E-state index in [4.69, 9.17) is 0 Å². The summed E-state index contributed by atoms with van der Waals surface area (Å²) in [6.07, 6.45) is 8.62. The molecule has 5 heteroatoms. The minimum atomic E-state index is -0.0107. The highest BCUT2D eigenvalue weighted by atomic mass is 16.1. The van der Waals surface area contributed by atoms with E-state index in [1.165, 1.54) is 25.7 Å². The monoisotopic (exact) mass is 290 g/mol. The van der Waals surface area contributed by atoms with E-state index >= 15 is 0 Å². The summed E-state index contributed by atoms with van der Waals surface area (Å²) in [5, 5.41) is 3.30. The molecule has 2 atom stereocenters. The number of piperidine rings is 1.